The maximum absolute atomic E-state index is 6.65. The lowest BCUT2D eigenvalue weighted by atomic mass is 9.72. The quantitative estimate of drug-likeness (QED) is 0.220. The van der Waals surface area contributed by atoms with E-state index in [1.165, 1.54) is 49.9 Å². The van der Waals surface area contributed by atoms with Gasteiger partial charge in [0.1, 0.15) is 11.2 Å². The number of hydrogen-bond acceptors (Lipinski definition) is 1. The van der Waals surface area contributed by atoms with Gasteiger partial charge in [0.15, 0.2) is 0 Å². The minimum Gasteiger partial charge on any atom is -0.455 e. The number of furan rings is 1. The van der Waals surface area contributed by atoms with E-state index in [0.717, 1.165) is 26.6 Å². The molecule has 0 saturated heterocycles. The van der Waals surface area contributed by atoms with Crippen LogP contribution in [-0.4, -0.2) is 0 Å². The molecule has 0 fully saturated rings. The molecule has 162 valence electrons. The fourth-order valence-corrected chi connectivity index (χ4v) is 6.85. The summed E-state index contributed by atoms with van der Waals surface area (Å²) in [6.07, 6.45) is 0. The van der Waals surface area contributed by atoms with Crippen LogP contribution in [0.25, 0.3) is 44.2 Å². The number of halogens is 2. The summed E-state index contributed by atoms with van der Waals surface area (Å²) in [5, 5.41) is 3.90. The molecular weight excluding hydrogens is 447 g/mol. The van der Waals surface area contributed by atoms with E-state index in [-0.39, 0.29) is 10.8 Å². The summed E-state index contributed by atoms with van der Waals surface area (Å²) in [5.74, 6) is 0. The maximum Gasteiger partial charge on any atom is 0.144 e. The highest BCUT2D eigenvalue weighted by atomic mass is 35.5. The van der Waals surface area contributed by atoms with Gasteiger partial charge in [0.2, 0.25) is 0 Å². The molecule has 2 aliphatic rings. The van der Waals surface area contributed by atoms with Gasteiger partial charge in [0.05, 0.1) is 0 Å². The second kappa shape index (κ2) is 6.03. The molecule has 0 amide bonds. The van der Waals surface area contributed by atoms with E-state index in [1.54, 1.807) is 0 Å². The molecule has 0 aliphatic heterocycles. The Balaban J connectivity index is 1.79. The minimum absolute atomic E-state index is 0.199. The average Bonchev–Trinajstić information content (AvgIpc) is 3.34. The third kappa shape index (κ3) is 2.25. The van der Waals surface area contributed by atoms with Crippen LogP contribution in [0.4, 0.5) is 0 Å². The molecule has 0 N–H and O–H groups in total. The lowest BCUT2D eigenvalue weighted by Crippen LogP contribution is -2.24. The molecule has 4 aromatic carbocycles. The largest absolute Gasteiger partial charge is 0.455 e. The second-order valence-corrected chi connectivity index (χ2v) is 11.3. The van der Waals surface area contributed by atoms with Crippen LogP contribution in [0, 0.1) is 0 Å². The molecule has 0 atom stereocenters. The lowest BCUT2D eigenvalue weighted by Gasteiger charge is -2.31. The van der Waals surface area contributed by atoms with Crippen molar-refractivity contribution in [2.24, 2.45) is 0 Å². The van der Waals surface area contributed by atoms with Crippen LogP contribution in [-0.2, 0) is 10.8 Å². The topological polar surface area (TPSA) is 13.1 Å². The Bertz CT molecular complexity index is 1680. The normalized spacial score (nSPS) is 16.7. The van der Waals surface area contributed by atoms with Crippen LogP contribution in [0.3, 0.4) is 0 Å². The number of fused-ring (bicyclic) bond motifs is 12. The van der Waals surface area contributed by atoms with Crippen molar-refractivity contribution in [2.45, 2.75) is 38.5 Å². The van der Waals surface area contributed by atoms with Gasteiger partial charge in [0.25, 0.3) is 0 Å². The summed E-state index contributed by atoms with van der Waals surface area (Å²) in [6, 6.07) is 21.0. The molecule has 33 heavy (non-hydrogen) atoms. The van der Waals surface area contributed by atoms with Gasteiger partial charge in [-0.05, 0) is 69.3 Å². The van der Waals surface area contributed by atoms with Crippen LogP contribution >= 0.6 is 23.2 Å². The monoisotopic (exact) mass is 468 g/mol. The number of rotatable bonds is 0. The first kappa shape index (κ1) is 19.7. The first-order valence-corrected chi connectivity index (χ1v) is 12.1. The highest BCUT2D eigenvalue weighted by Gasteiger charge is 2.48. The molecular formula is C30H22Cl2O. The summed E-state index contributed by atoms with van der Waals surface area (Å²) in [4.78, 5) is 0. The summed E-state index contributed by atoms with van der Waals surface area (Å²) in [6.45, 7) is 9.28. The summed E-state index contributed by atoms with van der Waals surface area (Å²) >= 11 is 13.0. The number of hydrogen-bond donors (Lipinski definition) is 0. The third-order valence-corrected chi connectivity index (χ3v) is 8.39. The molecule has 7 rings (SSSR count). The molecule has 2 aliphatic carbocycles. The smallest absolute Gasteiger partial charge is 0.144 e. The molecule has 0 unspecified atom stereocenters. The summed E-state index contributed by atoms with van der Waals surface area (Å²) < 4.78 is 6.65. The van der Waals surface area contributed by atoms with Crippen LogP contribution in [0.5, 0.6) is 0 Å². The maximum atomic E-state index is 6.65. The lowest BCUT2D eigenvalue weighted by molar-refractivity contribution is 0.600. The van der Waals surface area contributed by atoms with Gasteiger partial charge < -0.3 is 4.42 Å². The summed E-state index contributed by atoms with van der Waals surface area (Å²) in [7, 11) is 0. The van der Waals surface area contributed by atoms with Crippen LogP contribution in [0.2, 0.25) is 10.0 Å². The molecule has 1 nitrogen and oxygen atoms in total. The molecule has 3 heteroatoms. The van der Waals surface area contributed by atoms with Crippen molar-refractivity contribution >= 4 is 45.1 Å². The molecule has 0 saturated carbocycles. The van der Waals surface area contributed by atoms with E-state index in [0.29, 0.717) is 0 Å². The van der Waals surface area contributed by atoms with E-state index in [9.17, 15) is 0 Å². The van der Waals surface area contributed by atoms with Gasteiger partial charge in [-0.2, -0.15) is 0 Å². The van der Waals surface area contributed by atoms with Crippen molar-refractivity contribution in [3.05, 3.63) is 93.0 Å². The number of benzene rings is 4. The van der Waals surface area contributed by atoms with Gasteiger partial charge in [-0.15, -0.1) is 0 Å². The highest BCUT2D eigenvalue weighted by Crippen LogP contribution is 2.63. The minimum atomic E-state index is -0.212. The molecule has 5 aromatic rings. The van der Waals surface area contributed by atoms with Crippen LogP contribution in [0.1, 0.15) is 49.9 Å². The molecule has 0 radical (unpaired) electrons. The van der Waals surface area contributed by atoms with E-state index in [4.69, 9.17) is 27.6 Å². The van der Waals surface area contributed by atoms with Crippen molar-refractivity contribution in [3.8, 4) is 22.3 Å². The highest BCUT2D eigenvalue weighted by molar-refractivity contribution is 6.31. The summed E-state index contributed by atoms with van der Waals surface area (Å²) in [5.41, 5.74) is 11.7. The molecule has 0 spiro atoms. The fraction of sp³-hybridized carbons (Fsp3) is 0.200. The molecule has 0 bridgehead atoms. The van der Waals surface area contributed by atoms with Gasteiger partial charge in [-0.25, -0.2) is 0 Å². The zero-order chi connectivity index (χ0) is 22.9. The first-order chi connectivity index (χ1) is 15.7. The van der Waals surface area contributed by atoms with Crippen molar-refractivity contribution in [3.63, 3.8) is 0 Å². The molecule has 1 heterocycles. The Hall–Kier alpha value is -2.74. The Morgan fingerprint density at radius 3 is 1.85 bits per heavy atom. The standard InChI is InChI=1S/C30H22Cl2O/c1-29(2)20-13-15(31)9-11-17(20)23-24-19-7-5-6-8-22(19)33-28(24)25-18-12-10-16(32)14-21(18)30(3,4)27(25)26(23)29/h5-14H,1-4H3. The van der Waals surface area contributed by atoms with Gasteiger partial charge in [0, 0.05) is 37.2 Å². The van der Waals surface area contributed by atoms with Gasteiger partial charge >= 0.3 is 0 Å². The Labute approximate surface area is 202 Å². The van der Waals surface area contributed by atoms with E-state index in [2.05, 4.69) is 70.2 Å². The Kier molecular flexibility index (Phi) is 3.60. The van der Waals surface area contributed by atoms with E-state index in [1.807, 2.05) is 18.2 Å². The van der Waals surface area contributed by atoms with Gasteiger partial charge in [-0.3, -0.25) is 0 Å². The molecule has 1 aromatic heterocycles. The van der Waals surface area contributed by atoms with Crippen LogP contribution < -0.4 is 0 Å². The van der Waals surface area contributed by atoms with E-state index >= 15 is 0 Å². The first-order valence-electron chi connectivity index (χ1n) is 11.3. The van der Waals surface area contributed by atoms with Crippen molar-refractivity contribution < 1.29 is 4.42 Å². The van der Waals surface area contributed by atoms with Crippen molar-refractivity contribution in [1.29, 1.82) is 0 Å². The average molecular weight is 469 g/mol. The predicted octanol–water partition coefficient (Wildman–Crippen LogP) is 9.51. The third-order valence-electron chi connectivity index (χ3n) is 7.92. The zero-order valence-corrected chi connectivity index (χ0v) is 20.4. The van der Waals surface area contributed by atoms with Crippen LogP contribution in [0.15, 0.2) is 65.1 Å². The Morgan fingerprint density at radius 1 is 0.667 bits per heavy atom. The SMILES string of the molecule is CC1(C)c2cc(Cl)ccc2-c2c1c1c(c3c2oc2ccccc23)-c2ccc(Cl)cc2C1(C)C. The zero-order valence-electron chi connectivity index (χ0n) is 18.9. The fourth-order valence-electron chi connectivity index (χ4n) is 6.51. The number of para-hydroxylation sites is 1. The van der Waals surface area contributed by atoms with Crippen molar-refractivity contribution in [1.82, 2.24) is 0 Å². The van der Waals surface area contributed by atoms with Gasteiger partial charge in [-0.1, -0.05) is 81.2 Å². The second-order valence-electron chi connectivity index (χ2n) is 10.4. The van der Waals surface area contributed by atoms with E-state index < -0.39 is 0 Å². The van der Waals surface area contributed by atoms with Crippen molar-refractivity contribution in [2.75, 3.05) is 0 Å². The Morgan fingerprint density at radius 2 is 1.21 bits per heavy atom. The predicted molar refractivity (Wildman–Crippen MR) is 139 cm³/mol.